The van der Waals surface area contributed by atoms with Gasteiger partial charge in [0.15, 0.2) is 0 Å². The number of anilines is 1. The first-order valence-electron chi connectivity index (χ1n) is 5.85. The van der Waals surface area contributed by atoms with E-state index in [2.05, 4.69) is 6.58 Å². The number of allylic oxidation sites excluding steroid dienone is 1. The minimum absolute atomic E-state index is 0. The van der Waals surface area contributed by atoms with Crippen molar-refractivity contribution in [2.45, 2.75) is 31.8 Å². The number of nitrogen functional groups attached to an aromatic ring is 1. The number of para-hydroxylation sites is 1. The predicted molar refractivity (Wildman–Crippen MR) is 76.8 cm³/mol. The first-order chi connectivity index (χ1) is 8.32. The maximum atomic E-state index is 13.9. The molecule has 0 radical (unpaired) electrons. The van der Waals surface area contributed by atoms with Crippen LogP contribution >= 0.6 is 12.4 Å². The summed E-state index contributed by atoms with van der Waals surface area (Å²) in [5, 5.41) is 9.87. The highest BCUT2D eigenvalue weighted by Gasteiger charge is 2.45. The summed E-state index contributed by atoms with van der Waals surface area (Å²) in [7, 11) is 0. The largest absolute Gasteiger partial charge is 0.398 e. The van der Waals surface area contributed by atoms with E-state index in [4.69, 9.17) is 5.73 Å². The van der Waals surface area contributed by atoms with E-state index in [0.29, 0.717) is 11.3 Å². The SMILES string of the molecule is C=CC(C)C(F)(F)C(O)C(C)c1ccccc1N.Cl. The summed E-state index contributed by atoms with van der Waals surface area (Å²) in [6.45, 7) is 6.22. The fourth-order valence-electron chi connectivity index (χ4n) is 1.86. The van der Waals surface area contributed by atoms with Gasteiger partial charge in [-0.25, -0.2) is 8.78 Å². The van der Waals surface area contributed by atoms with Crippen LogP contribution in [0.2, 0.25) is 0 Å². The minimum Gasteiger partial charge on any atom is -0.398 e. The second-order valence-electron chi connectivity index (χ2n) is 4.56. The zero-order chi connectivity index (χ0) is 13.9. The van der Waals surface area contributed by atoms with Gasteiger partial charge < -0.3 is 10.8 Å². The second kappa shape index (κ2) is 6.87. The van der Waals surface area contributed by atoms with E-state index in [-0.39, 0.29) is 12.4 Å². The van der Waals surface area contributed by atoms with Crippen LogP contribution < -0.4 is 5.73 Å². The van der Waals surface area contributed by atoms with Crippen molar-refractivity contribution in [1.82, 2.24) is 0 Å². The van der Waals surface area contributed by atoms with Gasteiger partial charge in [0.25, 0.3) is 5.92 Å². The number of halogens is 3. The number of hydrogen-bond donors (Lipinski definition) is 2. The van der Waals surface area contributed by atoms with Gasteiger partial charge in [0.05, 0.1) is 0 Å². The van der Waals surface area contributed by atoms with Crippen molar-refractivity contribution in [3.63, 3.8) is 0 Å². The number of alkyl halides is 2. The molecule has 1 rings (SSSR count). The van der Waals surface area contributed by atoms with E-state index in [1.165, 1.54) is 6.92 Å². The molecule has 0 bridgehead atoms. The van der Waals surface area contributed by atoms with Crippen LogP contribution in [-0.2, 0) is 0 Å². The molecular weight excluding hydrogens is 272 g/mol. The van der Waals surface area contributed by atoms with Crippen LogP contribution in [0.3, 0.4) is 0 Å². The van der Waals surface area contributed by atoms with E-state index in [1.807, 2.05) is 0 Å². The molecule has 0 heterocycles. The summed E-state index contributed by atoms with van der Waals surface area (Å²) in [4.78, 5) is 0. The maximum absolute atomic E-state index is 13.9. The van der Waals surface area contributed by atoms with Gasteiger partial charge in [-0.15, -0.1) is 19.0 Å². The second-order valence-corrected chi connectivity index (χ2v) is 4.56. The van der Waals surface area contributed by atoms with Gasteiger partial charge in [-0.3, -0.25) is 0 Å². The van der Waals surface area contributed by atoms with Crippen molar-refractivity contribution in [2.24, 2.45) is 5.92 Å². The Hall–Kier alpha value is -1.13. The van der Waals surface area contributed by atoms with Crippen molar-refractivity contribution in [3.8, 4) is 0 Å². The summed E-state index contributed by atoms with van der Waals surface area (Å²) in [5.74, 6) is -5.08. The van der Waals surface area contributed by atoms with Gasteiger partial charge in [0.1, 0.15) is 6.10 Å². The number of nitrogens with two attached hydrogens (primary N) is 1. The van der Waals surface area contributed by atoms with Gasteiger partial charge in [-0.05, 0) is 11.6 Å². The van der Waals surface area contributed by atoms with Crippen LogP contribution in [0, 0.1) is 5.92 Å². The average molecular weight is 292 g/mol. The molecule has 3 N–H and O–H groups in total. The molecule has 0 aliphatic heterocycles. The molecule has 1 aromatic carbocycles. The molecule has 0 saturated heterocycles. The lowest BCUT2D eigenvalue weighted by Gasteiger charge is -2.31. The zero-order valence-corrected chi connectivity index (χ0v) is 11.8. The van der Waals surface area contributed by atoms with E-state index < -0.39 is 23.9 Å². The molecule has 0 fully saturated rings. The standard InChI is InChI=1S/C14H19F2NO.ClH/c1-4-9(2)14(15,16)13(18)10(3)11-7-5-6-8-12(11)17;/h4-10,13,18H,1,17H2,2-3H3;1H. The van der Waals surface area contributed by atoms with Gasteiger partial charge in [-0.1, -0.05) is 38.1 Å². The zero-order valence-electron chi connectivity index (χ0n) is 11.0. The number of rotatable bonds is 5. The monoisotopic (exact) mass is 291 g/mol. The molecule has 0 aromatic heterocycles. The Kier molecular flexibility index (Phi) is 6.46. The third-order valence-electron chi connectivity index (χ3n) is 3.32. The molecule has 0 saturated carbocycles. The van der Waals surface area contributed by atoms with Crippen LogP contribution in [0.1, 0.15) is 25.3 Å². The summed E-state index contributed by atoms with van der Waals surface area (Å²) in [6.07, 6.45) is -0.653. The van der Waals surface area contributed by atoms with Crippen LogP contribution in [-0.4, -0.2) is 17.1 Å². The summed E-state index contributed by atoms with van der Waals surface area (Å²) in [6, 6.07) is 6.72. The van der Waals surface area contributed by atoms with Crippen molar-refractivity contribution >= 4 is 18.1 Å². The quantitative estimate of drug-likeness (QED) is 0.643. The van der Waals surface area contributed by atoms with Gasteiger partial charge in [0, 0.05) is 17.5 Å². The molecule has 0 aliphatic carbocycles. The predicted octanol–water partition coefficient (Wildman–Crippen LogP) is 3.61. The van der Waals surface area contributed by atoms with E-state index >= 15 is 0 Å². The van der Waals surface area contributed by atoms with E-state index in [0.717, 1.165) is 6.08 Å². The summed E-state index contributed by atoms with van der Waals surface area (Å²) < 4.78 is 27.8. The van der Waals surface area contributed by atoms with Crippen molar-refractivity contribution < 1.29 is 13.9 Å². The maximum Gasteiger partial charge on any atom is 0.279 e. The first kappa shape index (κ1) is 17.9. The van der Waals surface area contributed by atoms with Crippen LogP contribution in [0.4, 0.5) is 14.5 Å². The number of aliphatic hydroxyl groups is 1. The van der Waals surface area contributed by atoms with Gasteiger partial charge in [0.2, 0.25) is 0 Å². The Morgan fingerprint density at radius 2 is 1.84 bits per heavy atom. The van der Waals surface area contributed by atoms with Gasteiger partial charge >= 0.3 is 0 Å². The van der Waals surface area contributed by atoms with Crippen molar-refractivity contribution in [1.29, 1.82) is 0 Å². The molecular formula is C14H20ClF2NO. The third-order valence-corrected chi connectivity index (χ3v) is 3.32. The highest BCUT2D eigenvalue weighted by Crippen LogP contribution is 2.37. The lowest BCUT2D eigenvalue weighted by atomic mass is 9.86. The fraction of sp³-hybridized carbons (Fsp3) is 0.429. The van der Waals surface area contributed by atoms with Gasteiger partial charge in [-0.2, -0.15) is 0 Å². The average Bonchev–Trinajstić information content (AvgIpc) is 2.36. The van der Waals surface area contributed by atoms with E-state index in [9.17, 15) is 13.9 Å². The smallest absolute Gasteiger partial charge is 0.279 e. The van der Waals surface area contributed by atoms with Crippen LogP contribution in [0.15, 0.2) is 36.9 Å². The van der Waals surface area contributed by atoms with Crippen LogP contribution in [0.25, 0.3) is 0 Å². The minimum atomic E-state index is -3.23. The van der Waals surface area contributed by atoms with Crippen molar-refractivity contribution in [2.75, 3.05) is 5.73 Å². The number of hydrogen-bond acceptors (Lipinski definition) is 2. The molecule has 5 heteroatoms. The summed E-state index contributed by atoms with van der Waals surface area (Å²) in [5.41, 5.74) is 6.67. The Balaban J connectivity index is 0.00000324. The molecule has 2 nitrogen and oxygen atoms in total. The molecule has 3 unspecified atom stereocenters. The normalized spacial score (nSPS) is 16.1. The molecule has 108 valence electrons. The highest BCUT2D eigenvalue weighted by molar-refractivity contribution is 5.85. The molecule has 0 aliphatic rings. The fourth-order valence-corrected chi connectivity index (χ4v) is 1.86. The molecule has 1 aromatic rings. The molecule has 0 amide bonds. The number of aliphatic hydroxyl groups excluding tert-OH is 1. The molecule has 0 spiro atoms. The third kappa shape index (κ3) is 3.67. The first-order valence-corrected chi connectivity index (χ1v) is 5.85. The Morgan fingerprint density at radius 3 is 2.32 bits per heavy atom. The van der Waals surface area contributed by atoms with E-state index in [1.54, 1.807) is 31.2 Å². The lowest BCUT2D eigenvalue weighted by molar-refractivity contribution is -0.139. The lowest BCUT2D eigenvalue weighted by Crippen LogP contribution is -2.42. The molecule has 3 atom stereocenters. The Bertz CT molecular complexity index is 426. The molecule has 19 heavy (non-hydrogen) atoms. The Morgan fingerprint density at radius 1 is 1.32 bits per heavy atom. The number of benzene rings is 1. The van der Waals surface area contributed by atoms with Crippen molar-refractivity contribution in [3.05, 3.63) is 42.5 Å². The highest BCUT2D eigenvalue weighted by atomic mass is 35.5. The Labute approximate surface area is 118 Å². The topological polar surface area (TPSA) is 46.2 Å². The van der Waals surface area contributed by atoms with Crippen LogP contribution in [0.5, 0.6) is 0 Å². The summed E-state index contributed by atoms with van der Waals surface area (Å²) >= 11 is 0.